The lowest BCUT2D eigenvalue weighted by molar-refractivity contribution is -0.128. The third kappa shape index (κ3) is 5.99. The van der Waals surface area contributed by atoms with Crippen LogP contribution in [0.2, 0.25) is 36.3 Å². The van der Waals surface area contributed by atoms with Gasteiger partial charge >= 0.3 is 6.03 Å². The van der Waals surface area contributed by atoms with Crippen LogP contribution < -0.4 is 5.32 Å². The van der Waals surface area contributed by atoms with Crippen molar-refractivity contribution in [2.24, 2.45) is 5.92 Å². The minimum atomic E-state index is -1.84. The monoisotopic (exact) mass is 472 g/mol. The highest BCUT2D eigenvalue weighted by atomic mass is 28.4. The summed E-state index contributed by atoms with van der Waals surface area (Å²) in [6.07, 6.45) is -0.00331. The Hall–Kier alpha value is -0.746. The van der Waals surface area contributed by atoms with E-state index in [2.05, 4.69) is 46.9 Å². The molecule has 2 heterocycles. The first-order valence-corrected chi connectivity index (χ1v) is 17.4. The maximum atomic E-state index is 12.5. The third-order valence-electron chi connectivity index (χ3n) is 7.76. The topological polar surface area (TPSA) is 77.1 Å². The van der Waals surface area contributed by atoms with Gasteiger partial charge in [0.1, 0.15) is 12.3 Å². The smallest absolute Gasteiger partial charge is 0.326 e. The molecule has 2 aliphatic rings. The van der Waals surface area contributed by atoms with Crippen LogP contribution in [-0.2, 0) is 18.4 Å². The lowest BCUT2D eigenvalue weighted by Crippen LogP contribution is -2.57. The molecule has 0 bridgehead atoms. The first-order chi connectivity index (χ1) is 14.7. The van der Waals surface area contributed by atoms with Crippen LogP contribution in [0.5, 0.6) is 0 Å². The van der Waals surface area contributed by atoms with Gasteiger partial charge in [-0.3, -0.25) is 15.0 Å². The van der Waals surface area contributed by atoms with Gasteiger partial charge in [0, 0.05) is 13.0 Å². The SMILES string of the molecule is CC[Si](CC)(CC)OC[C@H]1O[C@@H](N2CC(C)C(=O)NC2=O)C[C@@H]1O[Si](CC)(CC)CC. The van der Waals surface area contributed by atoms with Crippen LogP contribution >= 0.6 is 0 Å². The van der Waals surface area contributed by atoms with Crippen LogP contribution in [0.1, 0.15) is 54.9 Å². The van der Waals surface area contributed by atoms with Gasteiger partial charge in [-0.25, -0.2) is 4.79 Å². The average Bonchev–Trinajstić information content (AvgIpc) is 3.18. The van der Waals surface area contributed by atoms with Crippen molar-refractivity contribution in [3.8, 4) is 0 Å². The first-order valence-electron chi connectivity index (χ1n) is 12.3. The second kappa shape index (κ2) is 11.4. The highest BCUT2D eigenvalue weighted by Crippen LogP contribution is 2.34. The summed E-state index contributed by atoms with van der Waals surface area (Å²) in [6.45, 7) is 16.1. The molecule has 0 aromatic rings. The molecule has 3 amide bonds. The Morgan fingerprint density at radius 1 is 0.968 bits per heavy atom. The molecular formula is C22H44N2O5Si2. The number of carbonyl (C=O) groups is 2. The minimum Gasteiger partial charge on any atom is -0.414 e. The molecule has 2 rings (SSSR count). The summed E-state index contributed by atoms with van der Waals surface area (Å²) >= 11 is 0. The number of hydrogen-bond donors (Lipinski definition) is 1. The molecule has 0 aliphatic carbocycles. The number of imide groups is 1. The van der Waals surface area contributed by atoms with Crippen LogP contribution in [0.25, 0.3) is 0 Å². The summed E-state index contributed by atoms with van der Waals surface area (Å²) in [5, 5.41) is 2.46. The Kier molecular flexibility index (Phi) is 9.75. The van der Waals surface area contributed by atoms with Gasteiger partial charge in [0.05, 0.1) is 18.6 Å². The van der Waals surface area contributed by atoms with Gasteiger partial charge in [-0.05, 0) is 36.3 Å². The highest BCUT2D eigenvalue weighted by Gasteiger charge is 2.46. The number of hydrogen-bond acceptors (Lipinski definition) is 5. The van der Waals surface area contributed by atoms with Crippen LogP contribution in [0.15, 0.2) is 0 Å². The van der Waals surface area contributed by atoms with E-state index in [1.807, 2.05) is 6.92 Å². The predicted octanol–water partition coefficient (Wildman–Crippen LogP) is 4.70. The predicted molar refractivity (Wildman–Crippen MR) is 128 cm³/mol. The van der Waals surface area contributed by atoms with Gasteiger partial charge in [0.15, 0.2) is 16.6 Å². The summed E-state index contributed by atoms with van der Waals surface area (Å²) in [5.74, 6) is -0.461. The highest BCUT2D eigenvalue weighted by molar-refractivity contribution is 6.74. The Morgan fingerprint density at radius 3 is 2.03 bits per heavy atom. The Morgan fingerprint density at radius 2 is 1.52 bits per heavy atom. The molecule has 9 heteroatoms. The molecule has 31 heavy (non-hydrogen) atoms. The Balaban J connectivity index is 2.20. The van der Waals surface area contributed by atoms with Gasteiger partial charge in [-0.1, -0.05) is 48.5 Å². The lowest BCUT2D eigenvalue weighted by Gasteiger charge is -2.35. The molecule has 0 aromatic carbocycles. The molecule has 0 spiro atoms. The Labute approximate surface area is 190 Å². The minimum absolute atomic E-state index is 0.0745. The average molecular weight is 473 g/mol. The second-order valence-corrected chi connectivity index (χ2v) is 18.7. The fraction of sp³-hybridized carbons (Fsp3) is 0.909. The maximum absolute atomic E-state index is 12.5. The van der Waals surface area contributed by atoms with Crippen molar-refractivity contribution in [1.29, 1.82) is 0 Å². The van der Waals surface area contributed by atoms with Crippen LogP contribution in [0.3, 0.4) is 0 Å². The lowest BCUT2D eigenvalue weighted by atomic mass is 10.1. The zero-order valence-corrected chi connectivity index (χ0v) is 22.7. The largest absolute Gasteiger partial charge is 0.414 e. The molecule has 180 valence electrons. The van der Waals surface area contributed by atoms with Crippen molar-refractivity contribution in [2.45, 2.75) is 110 Å². The van der Waals surface area contributed by atoms with Crippen LogP contribution in [0, 0.1) is 5.92 Å². The van der Waals surface area contributed by atoms with E-state index in [1.54, 1.807) is 4.90 Å². The molecular weight excluding hydrogens is 428 g/mol. The van der Waals surface area contributed by atoms with Crippen molar-refractivity contribution in [3.63, 3.8) is 0 Å². The van der Waals surface area contributed by atoms with E-state index in [0.29, 0.717) is 19.6 Å². The molecule has 0 aromatic heterocycles. The second-order valence-electron chi connectivity index (χ2n) is 9.17. The number of nitrogens with one attached hydrogen (secondary N) is 1. The van der Waals surface area contributed by atoms with Crippen molar-refractivity contribution < 1.29 is 23.2 Å². The van der Waals surface area contributed by atoms with E-state index in [-0.39, 0.29) is 36.3 Å². The summed E-state index contributed by atoms with van der Waals surface area (Å²) in [5.41, 5.74) is 0. The van der Waals surface area contributed by atoms with Gasteiger partial charge in [0.25, 0.3) is 0 Å². The molecule has 1 N–H and O–H groups in total. The van der Waals surface area contributed by atoms with Crippen molar-refractivity contribution >= 4 is 28.6 Å². The number of ether oxygens (including phenoxy) is 1. The molecule has 4 atom stereocenters. The molecule has 7 nitrogen and oxygen atoms in total. The summed E-state index contributed by atoms with van der Waals surface area (Å²) in [6, 6.07) is 6.12. The van der Waals surface area contributed by atoms with Crippen molar-refractivity contribution in [3.05, 3.63) is 0 Å². The molecule has 2 fully saturated rings. The van der Waals surface area contributed by atoms with E-state index in [0.717, 1.165) is 36.3 Å². The maximum Gasteiger partial charge on any atom is 0.326 e. The molecule has 1 unspecified atom stereocenters. The molecule has 0 radical (unpaired) electrons. The normalized spacial score (nSPS) is 27.6. The fourth-order valence-electron chi connectivity index (χ4n) is 4.81. The molecule has 2 aliphatic heterocycles. The first kappa shape index (κ1) is 26.5. The number of carbonyl (C=O) groups excluding carboxylic acids is 2. The number of urea groups is 1. The van der Waals surface area contributed by atoms with Gasteiger partial charge in [-0.15, -0.1) is 0 Å². The van der Waals surface area contributed by atoms with E-state index in [9.17, 15) is 9.59 Å². The quantitative estimate of drug-likeness (QED) is 0.417. The number of nitrogens with zero attached hydrogens (tertiary/aromatic N) is 1. The van der Waals surface area contributed by atoms with E-state index < -0.39 is 16.6 Å². The van der Waals surface area contributed by atoms with Crippen molar-refractivity contribution in [2.75, 3.05) is 13.2 Å². The van der Waals surface area contributed by atoms with E-state index >= 15 is 0 Å². The number of amides is 3. The zero-order chi connectivity index (χ0) is 23.2. The van der Waals surface area contributed by atoms with Gasteiger partial charge < -0.3 is 13.6 Å². The zero-order valence-electron chi connectivity index (χ0n) is 20.7. The van der Waals surface area contributed by atoms with Gasteiger partial charge in [0.2, 0.25) is 5.91 Å². The standard InChI is InChI=1S/C22H44N2O5Si2/c1-8-30(9-2,10-3)27-16-19-18(29-31(11-4,12-5)13-6)14-20(28-19)24-15-17(7)21(25)23-22(24)26/h17-20H,8-16H2,1-7H3,(H,23,25,26)/t17?,18-,19+,20+/m0/s1. The van der Waals surface area contributed by atoms with Crippen LogP contribution in [-0.4, -0.2) is 65.1 Å². The fourth-order valence-corrected chi connectivity index (χ4v) is 10.3. The van der Waals surface area contributed by atoms with E-state index in [1.165, 1.54) is 0 Å². The van der Waals surface area contributed by atoms with Gasteiger partial charge in [-0.2, -0.15) is 0 Å². The van der Waals surface area contributed by atoms with Crippen molar-refractivity contribution in [1.82, 2.24) is 10.2 Å². The molecule has 0 saturated carbocycles. The Bertz CT molecular complexity index is 596. The third-order valence-corrected chi connectivity index (χ3v) is 17.1. The summed E-state index contributed by atoms with van der Waals surface area (Å²) in [4.78, 5) is 26.1. The van der Waals surface area contributed by atoms with Crippen LogP contribution in [0.4, 0.5) is 4.79 Å². The summed E-state index contributed by atoms with van der Waals surface area (Å²) < 4.78 is 19.9. The van der Waals surface area contributed by atoms with E-state index in [4.69, 9.17) is 13.6 Å². The molecule has 2 saturated heterocycles. The summed E-state index contributed by atoms with van der Waals surface area (Å²) in [7, 11) is -3.60. The number of rotatable bonds is 12.